The zero-order chi connectivity index (χ0) is 11.7. The number of nitrogens with zero attached hydrogens (tertiary/aromatic N) is 1. The van der Waals surface area contributed by atoms with Crippen molar-refractivity contribution in [3.05, 3.63) is 29.8 Å². The van der Waals surface area contributed by atoms with E-state index in [1.807, 2.05) is 12.1 Å². The summed E-state index contributed by atoms with van der Waals surface area (Å²) in [7, 11) is 0. The molecule has 4 heteroatoms. The fourth-order valence-electron chi connectivity index (χ4n) is 2.80. The molecule has 4 nitrogen and oxygen atoms in total. The number of benzene rings is 1. The Bertz CT molecular complexity index is 395. The van der Waals surface area contributed by atoms with Gasteiger partial charge in [-0.25, -0.2) is 0 Å². The Balaban J connectivity index is 1.85. The number of hydrogen-bond acceptors (Lipinski definition) is 4. The van der Waals surface area contributed by atoms with Gasteiger partial charge in [-0.1, -0.05) is 12.1 Å². The Morgan fingerprint density at radius 3 is 3.18 bits per heavy atom. The smallest absolute Gasteiger partial charge is 0.115 e. The third-order valence-electron chi connectivity index (χ3n) is 3.65. The van der Waals surface area contributed by atoms with Gasteiger partial charge in [-0.2, -0.15) is 0 Å². The predicted octanol–water partition coefficient (Wildman–Crippen LogP) is 0.737. The topological polar surface area (TPSA) is 44.7 Å². The predicted molar refractivity (Wildman–Crippen MR) is 65.0 cm³/mol. The maximum absolute atomic E-state index is 9.58. The maximum Gasteiger partial charge on any atom is 0.115 e. The third-order valence-corrected chi connectivity index (χ3v) is 3.65. The minimum atomic E-state index is 0.345. The van der Waals surface area contributed by atoms with E-state index >= 15 is 0 Å². The number of piperazine rings is 1. The highest BCUT2D eigenvalue weighted by atomic mass is 16.5. The molecule has 0 spiro atoms. The van der Waals surface area contributed by atoms with Gasteiger partial charge in [0, 0.05) is 31.7 Å². The number of phenolic OH excluding ortho intramolecular Hbond substituents is 1. The van der Waals surface area contributed by atoms with Crippen molar-refractivity contribution in [1.82, 2.24) is 10.2 Å². The molecule has 0 aliphatic carbocycles. The minimum absolute atomic E-state index is 0.345. The van der Waals surface area contributed by atoms with Crippen LogP contribution in [-0.2, 0) is 4.74 Å². The number of fused-ring (bicyclic) bond motifs is 1. The van der Waals surface area contributed by atoms with Crippen molar-refractivity contribution in [2.45, 2.75) is 12.1 Å². The molecule has 0 radical (unpaired) electrons. The zero-order valence-electron chi connectivity index (χ0n) is 9.80. The van der Waals surface area contributed by atoms with Crippen LogP contribution in [0.1, 0.15) is 11.6 Å². The summed E-state index contributed by atoms with van der Waals surface area (Å²) in [6, 6.07) is 8.40. The monoisotopic (exact) mass is 234 g/mol. The average molecular weight is 234 g/mol. The number of hydrogen-bond donors (Lipinski definition) is 2. The molecule has 92 valence electrons. The second-order valence-corrected chi connectivity index (χ2v) is 4.74. The fourth-order valence-corrected chi connectivity index (χ4v) is 2.80. The molecule has 0 saturated carbocycles. The van der Waals surface area contributed by atoms with Gasteiger partial charge in [-0.15, -0.1) is 0 Å². The lowest BCUT2D eigenvalue weighted by Crippen LogP contribution is -2.58. The van der Waals surface area contributed by atoms with Crippen LogP contribution in [0, 0.1) is 0 Å². The van der Waals surface area contributed by atoms with Crippen LogP contribution in [0.25, 0.3) is 0 Å². The second-order valence-electron chi connectivity index (χ2n) is 4.74. The molecular formula is C13H18N2O2. The van der Waals surface area contributed by atoms with Crippen LogP contribution in [-0.4, -0.2) is 48.9 Å². The van der Waals surface area contributed by atoms with Gasteiger partial charge < -0.3 is 15.2 Å². The summed E-state index contributed by atoms with van der Waals surface area (Å²) in [4.78, 5) is 2.49. The highest BCUT2D eigenvalue weighted by Gasteiger charge is 2.33. The number of phenols is 1. The molecular weight excluding hydrogens is 216 g/mol. The van der Waals surface area contributed by atoms with Crippen LogP contribution in [0.4, 0.5) is 0 Å². The highest BCUT2D eigenvalue weighted by molar-refractivity contribution is 5.30. The van der Waals surface area contributed by atoms with E-state index in [2.05, 4.69) is 16.3 Å². The fraction of sp³-hybridized carbons (Fsp3) is 0.538. The summed E-state index contributed by atoms with van der Waals surface area (Å²) in [5.74, 6) is 0.345. The van der Waals surface area contributed by atoms with Gasteiger partial charge in [0.25, 0.3) is 0 Å². The zero-order valence-corrected chi connectivity index (χ0v) is 9.80. The van der Waals surface area contributed by atoms with E-state index in [0.29, 0.717) is 17.8 Å². The lowest BCUT2D eigenvalue weighted by atomic mass is 9.99. The standard InChI is InChI=1S/C13H18N2O2/c16-12-3-1-2-10(6-12)13-8-14-7-11-9-17-5-4-15(11)13/h1-3,6,11,13-14,16H,4-5,7-9H2. The molecule has 0 bridgehead atoms. The van der Waals surface area contributed by atoms with Crippen LogP contribution < -0.4 is 5.32 Å². The van der Waals surface area contributed by atoms with Gasteiger partial charge in [0.2, 0.25) is 0 Å². The van der Waals surface area contributed by atoms with E-state index in [1.165, 1.54) is 5.56 Å². The Labute approximate surface area is 101 Å². The first-order chi connectivity index (χ1) is 8.34. The molecule has 3 rings (SSSR count). The number of nitrogens with one attached hydrogen (secondary N) is 1. The van der Waals surface area contributed by atoms with E-state index in [9.17, 15) is 5.11 Å². The summed E-state index contributed by atoms with van der Waals surface area (Å²) in [5.41, 5.74) is 1.18. The molecule has 2 aliphatic heterocycles. The van der Waals surface area contributed by atoms with E-state index < -0.39 is 0 Å². The Kier molecular flexibility index (Phi) is 3.01. The van der Waals surface area contributed by atoms with E-state index in [1.54, 1.807) is 6.07 Å². The van der Waals surface area contributed by atoms with Crippen LogP contribution in [0.2, 0.25) is 0 Å². The molecule has 0 aromatic heterocycles. The molecule has 17 heavy (non-hydrogen) atoms. The largest absolute Gasteiger partial charge is 0.508 e. The molecule has 2 heterocycles. The Morgan fingerprint density at radius 2 is 2.29 bits per heavy atom. The highest BCUT2D eigenvalue weighted by Crippen LogP contribution is 2.28. The van der Waals surface area contributed by atoms with Crippen molar-refractivity contribution in [1.29, 1.82) is 0 Å². The number of aromatic hydroxyl groups is 1. The van der Waals surface area contributed by atoms with Crippen molar-refractivity contribution in [2.24, 2.45) is 0 Å². The SMILES string of the molecule is Oc1cccc(C2CNCC3COCCN32)c1. The van der Waals surface area contributed by atoms with Gasteiger partial charge in [0.05, 0.1) is 13.2 Å². The van der Waals surface area contributed by atoms with E-state index in [-0.39, 0.29) is 0 Å². The molecule has 2 aliphatic rings. The lowest BCUT2D eigenvalue weighted by Gasteiger charge is -2.45. The Morgan fingerprint density at radius 1 is 1.35 bits per heavy atom. The molecule has 2 atom stereocenters. The summed E-state index contributed by atoms with van der Waals surface area (Å²) in [6.07, 6.45) is 0. The number of ether oxygens (including phenoxy) is 1. The summed E-state index contributed by atoms with van der Waals surface area (Å²) < 4.78 is 5.52. The van der Waals surface area contributed by atoms with Crippen molar-refractivity contribution in [2.75, 3.05) is 32.8 Å². The molecule has 2 saturated heterocycles. The van der Waals surface area contributed by atoms with Crippen molar-refractivity contribution in [3.8, 4) is 5.75 Å². The first-order valence-electron chi connectivity index (χ1n) is 6.18. The van der Waals surface area contributed by atoms with Crippen LogP contribution >= 0.6 is 0 Å². The van der Waals surface area contributed by atoms with Gasteiger partial charge in [-0.3, -0.25) is 4.90 Å². The van der Waals surface area contributed by atoms with Crippen LogP contribution in [0.15, 0.2) is 24.3 Å². The number of rotatable bonds is 1. The first kappa shape index (κ1) is 11.0. The minimum Gasteiger partial charge on any atom is -0.508 e. The molecule has 2 fully saturated rings. The van der Waals surface area contributed by atoms with Crippen molar-refractivity contribution < 1.29 is 9.84 Å². The maximum atomic E-state index is 9.58. The average Bonchev–Trinajstić information content (AvgIpc) is 2.38. The number of morpholine rings is 1. The normalized spacial score (nSPS) is 29.9. The van der Waals surface area contributed by atoms with Gasteiger partial charge in [0.1, 0.15) is 5.75 Å². The summed E-state index contributed by atoms with van der Waals surface area (Å²) >= 11 is 0. The third kappa shape index (κ3) is 2.16. The summed E-state index contributed by atoms with van der Waals surface area (Å²) in [6.45, 7) is 4.54. The quantitative estimate of drug-likeness (QED) is 0.752. The second kappa shape index (κ2) is 4.64. The van der Waals surface area contributed by atoms with Gasteiger partial charge >= 0.3 is 0 Å². The van der Waals surface area contributed by atoms with Crippen LogP contribution in [0.3, 0.4) is 0 Å². The molecule has 2 N–H and O–H groups in total. The molecule has 0 amide bonds. The van der Waals surface area contributed by atoms with Crippen LogP contribution in [0.5, 0.6) is 5.75 Å². The molecule has 1 aromatic carbocycles. The van der Waals surface area contributed by atoms with Gasteiger partial charge in [-0.05, 0) is 17.7 Å². The van der Waals surface area contributed by atoms with E-state index in [4.69, 9.17) is 4.74 Å². The molecule has 1 aromatic rings. The summed E-state index contributed by atoms with van der Waals surface area (Å²) in [5, 5.41) is 13.0. The van der Waals surface area contributed by atoms with Crippen molar-refractivity contribution >= 4 is 0 Å². The molecule has 2 unspecified atom stereocenters. The van der Waals surface area contributed by atoms with Gasteiger partial charge in [0.15, 0.2) is 0 Å². The first-order valence-corrected chi connectivity index (χ1v) is 6.18. The van der Waals surface area contributed by atoms with Crippen molar-refractivity contribution in [3.63, 3.8) is 0 Å². The van der Waals surface area contributed by atoms with E-state index in [0.717, 1.165) is 32.8 Å². The Hall–Kier alpha value is -1.10. The lowest BCUT2D eigenvalue weighted by molar-refractivity contribution is -0.0427.